The van der Waals surface area contributed by atoms with Crippen molar-refractivity contribution in [2.24, 2.45) is 5.92 Å². The summed E-state index contributed by atoms with van der Waals surface area (Å²) in [7, 11) is 4.27. The van der Waals surface area contributed by atoms with Crippen molar-refractivity contribution in [3.05, 3.63) is 17.0 Å². The van der Waals surface area contributed by atoms with E-state index in [0.29, 0.717) is 5.15 Å². The highest BCUT2D eigenvalue weighted by molar-refractivity contribution is 6.29. The molecule has 0 amide bonds. The van der Waals surface area contributed by atoms with Gasteiger partial charge in [0, 0.05) is 32.6 Å². The van der Waals surface area contributed by atoms with Gasteiger partial charge in [0.15, 0.2) is 0 Å². The van der Waals surface area contributed by atoms with Crippen LogP contribution in [0.3, 0.4) is 0 Å². The van der Waals surface area contributed by atoms with Crippen molar-refractivity contribution in [2.45, 2.75) is 26.2 Å². The van der Waals surface area contributed by atoms with Gasteiger partial charge in [-0.25, -0.2) is 9.97 Å². The van der Waals surface area contributed by atoms with Crippen molar-refractivity contribution in [2.75, 3.05) is 38.6 Å². The van der Waals surface area contributed by atoms with E-state index in [1.54, 1.807) is 0 Å². The van der Waals surface area contributed by atoms with Crippen molar-refractivity contribution >= 4 is 17.4 Å². The minimum absolute atomic E-state index is 0.545. The maximum absolute atomic E-state index is 6.08. The average Bonchev–Trinajstić information content (AvgIpc) is 2.74. The van der Waals surface area contributed by atoms with Gasteiger partial charge in [-0.15, -0.1) is 0 Å². The van der Waals surface area contributed by atoms with Crippen LogP contribution in [0.25, 0.3) is 0 Å². The zero-order valence-corrected chi connectivity index (χ0v) is 12.8. The molecule has 1 saturated heterocycles. The lowest BCUT2D eigenvalue weighted by atomic mass is 10.1. The Labute approximate surface area is 120 Å². The lowest BCUT2D eigenvalue weighted by Crippen LogP contribution is -2.28. The van der Waals surface area contributed by atoms with Crippen molar-refractivity contribution < 1.29 is 0 Å². The Morgan fingerprint density at radius 1 is 1.47 bits per heavy atom. The third kappa shape index (κ3) is 4.05. The van der Waals surface area contributed by atoms with Crippen LogP contribution in [0.2, 0.25) is 5.15 Å². The molecule has 0 N–H and O–H groups in total. The Morgan fingerprint density at radius 3 is 2.89 bits per heavy atom. The van der Waals surface area contributed by atoms with Gasteiger partial charge in [-0.2, -0.15) is 0 Å². The van der Waals surface area contributed by atoms with Gasteiger partial charge in [0.2, 0.25) is 0 Å². The summed E-state index contributed by atoms with van der Waals surface area (Å²) in [5.74, 6) is 2.51. The number of nitrogens with zero attached hydrogens (tertiary/aromatic N) is 4. The van der Waals surface area contributed by atoms with Crippen LogP contribution >= 0.6 is 11.6 Å². The normalized spacial score (nSPS) is 19.9. The molecule has 0 aromatic carbocycles. The molecule has 5 heteroatoms. The van der Waals surface area contributed by atoms with E-state index in [1.165, 1.54) is 19.5 Å². The summed E-state index contributed by atoms with van der Waals surface area (Å²) >= 11 is 6.08. The van der Waals surface area contributed by atoms with E-state index in [2.05, 4.69) is 40.8 Å². The number of rotatable bonds is 5. The molecule has 1 unspecified atom stereocenters. The highest BCUT2D eigenvalue weighted by Crippen LogP contribution is 2.20. The van der Waals surface area contributed by atoms with Crippen LogP contribution in [0.1, 0.15) is 25.6 Å². The van der Waals surface area contributed by atoms with Gasteiger partial charge in [-0.05, 0) is 32.4 Å². The van der Waals surface area contributed by atoms with Crippen LogP contribution in [0.4, 0.5) is 5.82 Å². The first kappa shape index (κ1) is 14.5. The standard InChI is InChI=1S/C14H23ClN4/c1-4-5-13-16-12(15)8-14(17-13)19(3)10-11-6-7-18(2)9-11/h8,11H,4-7,9-10H2,1-3H3. The predicted octanol–water partition coefficient (Wildman–Crippen LogP) is 2.47. The number of halogens is 1. The Hall–Kier alpha value is -0.870. The summed E-state index contributed by atoms with van der Waals surface area (Å²) in [4.78, 5) is 13.5. The third-order valence-corrected chi connectivity index (χ3v) is 3.81. The number of aromatic nitrogens is 2. The molecule has 1 aliphatic rings. The Morgan fingerprint density at radius 2 is 2.26 bits per heavy atom. The van der Waals surface area contributed by atoms with Gasteiger partial charge in [0.05, 0.1) is 0 Å². The van der Waals surface area contributed by atoms with Crippen molar-refractivity contribution in [3.8, 4) is 0 Å². The van der Waals surface area contributed by atoms with Crippen LogP contribution in [0, 0.1) is 5.92 Å². The largest absolute Gasteiger partial charge is 0.359 e. The molecular weight excluding hydrogens is 260 g/mol. The van der Waals surface area contributed by atoms with Gasteiger partial charge in [0.1, 0.15) is 16.8 Å². The molecule has 1 aliphatic heterocycles. The Balaban J connectivity index is 2.03. The minimum Gasteiger partial charge on any atom is -0.359 e. The highest BCUT2D eigenvalue weighted by Gasteiger charge is 2.21. The van der Waals surface area contributed by atoms with Crippen molar-refractivity contribution in [3.63, 3.8) is 0 Å². The van der Waals surface area contributed by atoms with E-state index < -0.39 is 0 Å². The van der Waals surface area contributed by atoms with E-state index in [4.69, 9.17) is 11.6 Å². The average molecular weight is 283 g/mol. The van der Waals surface area contributed by atoms with E-state index in [-0.39, 0.29) is 0 Å². The maximum Gasteiger partial charge on any atom is 0.134 e. The molecule has 2 rings (SSSR count). The number of hydrogen-bond donors (Lipinski definition) is 0. The molecule has 0 aliphatic carbocycles. The van der Waals surface area contributed by atoms with Crippen molar-refractivity contribution in [1.82, 2.24) is 14.9 Å². The molecule has 0 bridgehead atoms. The lowest BCUT2D eigenvalue weighted by molar-refractivity contribution is 0.395. The van der Waals surface area contributed by atoms with E-state index in [1.807, 2.05) is 6.07 Å². The molecule has 0 saturated carbocycles. The van der Waals surface area contributed by atoms with Crippen molar-refractivity contribution in [1.29, 1.82) is 0 Å². The summed E-state index contributed by atoms with van der Waals surface area (Å²) in [5.41, 5.74) is 0. The highest BCUT2D eigenvalue weighted by atomic mass is 35.5. The number of aryl methyl sites for hydroxylation is 1. The fourth-order valence-corrected chi connectivity index (χ4v) is 2.83. The lowest BCUT2D eigenvalue weighted by Gasteiger charge is -2.22. The first-order chi connectivity index (χ1) is 9.08. The summed E-state index contributed by atoms with van der Waals surface area (Å²) in [6.07, 6.45) is 3.19. The molecule has 1 atom stereocenters. The minimum atomic E-state index is 0.545. The van der Waals surface area contributed by atoms with E-state index in [9.17, 15) is 0 Å². The van der Waals surface area contributed by atoms with Gasteiger partial charge < -0.3 is 9.80 Å². The molecule has 4 nitrogen and oxygen atoms in total. The second-order valence-electron chi connectivity index (χ2n) is 5.51. The van der Waals surface area contributed by atoms with Gasteiger partial charge in [-0.3, -0.25) is 0 Å². The maximum atomic E-state index is 6.08. The number of hydrogen-bond acceptors (Lipinski definition) is 4. The molecule has 106 valence electrons. The second kappa shape index (κ2) is 6.53. The van der Waals surface area contributed by atoms with Crippen LogP contribution in [-0.4, -0.2) is 48.6 Å². The zero-order chi connectivity index (χ0) is 13.8. The van der Waals surface area contributed by atoms with E-state index >= 15 is 0 Å². The topological polar surface area (TPSA) is 32.3 Å². The quantitative estimate of drug-likeness (QED) is 0.777. The molecule has 1 aromatic rings. The molecular formula is C14H23ClN4. The molecule has 0 spiro atoms. The van der Waals surface area contributed by atoms with Gasteiger partial charge >= 0.3 is 0 Å². The number of anilines is 1. The van der Waals surface area contributed by atoms with Crippen LogP contribution < -0.4 is 4.90 Å². The molecule has 1 aromatic heterocycles. The molecule has 19 heavy (non-hydrogen) atoms. The third-order valence-electron chi connectivity index (χ3n) is 3.61. The zero-order valence-electron chi connectivity index (χ0n) is 12.1. The molecule has 0 radical (unpaired) electrons. The first-order valence-corrected chi connectivity index (χ1v) is 7.39. The Bertz CT molecular complexity index is 424. The van der Waals surface area contributed by atoms with Crippen LogP contribution in [0.5, 0.6) is 0 Å². The summed E-state index contributed by atoms with van der Waals surface area (Å²) < 4.78 is 0. The summed E-state index contributed by atoms with van der Waals surface area (Å²) in [6.45, 7) is 5.53. The van der Waals surface area contributed by atoms with Gasteiger partial charge in [0.25, 0.3) is 0 Å². The van der Waals surface area contributed by atoms with Gasteiger partial charge in [-0.1, -0.05) is 18.5 Å². The fraction of sp³-hybridized carbons (Fsp3) is 0.714. The summed E-state index contributed by atoms with van der Waals surface area (Å²) in [6, 6.07) is 1.86. The predicted molar refractivity (Wildman–Crippen MR) is 79.9 cm³/mol. The number of likely N-dealkylation sites (tertiary alicyclic amines) is 1. The van der Waals surface area contributed by atoms with Crippen LogP contribution in [0.15, 0.2) is 6.07 Å². The van der Waals surface area contributed by atoms with Crippen LogP contribution in [-0.2, 0) is 6.42 Å². The smallest absolute Gasteiger partial charge is 0.134 e. The first-order valence-electron chi connectivity index (χ1n) is 7.01. The molecule has 2 heterocycles. The SMILES string of the molecule is CCCc1nc(Cl)cc(N(C)CC2CCN(C)C2)n1. The second-order valence-corrected chi connectivity index (χ2v) is 5.90. The summed E-state index contributed by atoms with van der Waals surface area (Å²) in [5, 5.41) is 0.545. The fourth-order valence-electron chi connectivity index (χ4n) is 2.64. The van der Waals surface area contributed by atoms with E-state index in [0.717, 1.165) is 36.9 Å². The Kier molecular flexibility index (Phi) is 4.99. The molecule has 1 fully saturated rings. The monoisotopic (exact) mass is 282 g/mol.